The van der Waals surface area contributed by atoms with Crippen LogP contribution in [0.1, 0.15) is 20.3 Å². The first kappa shape index (κ1) is 11.1. The van der Waals surface area contributed by atoms with Gasteiger partial charge in [-0.05, 0) is 36.5 Å². The van der Waals surface area contributed by atoms with Gasteiger partial charge < -0.3 is 16.4 Å². The molecule has 1 aliphatic rings. The van der Waals surface area contributed by atoms with Gasteiger partial charge >= 0.3 is 0 Å². The minimum absolute atomic E-state index is 0.670. The summed E-state index contributed by atoms with van der Waals surface area (Å²) >= 11 is 0. The molecule has 1 fully saturated rings. The zero-order valence-corrected chi connectivity index (χ0v) is 10.1. The van der Waals surface area contributed by atoms with E-state index in [9.17, 15) is 0 Å². The Morgan fingerprint density at radius 1 is 1.25 bits per heavy atom. The van der Waals surface area contributed by atoms with Crippen LogP contribution in [0.5, 0.6) is 0 Å². The van der Waals surface area contributed by atoms with Crippen molar-refractivity contribution in [3.63, 3.8) is 0 Å². The van der Waals surface area contributed by atoms with E-state index in [1.165, 1.54) is 12.1 Å². The molecule has 16 heavy (non-hydrogen) atoms. The minimum atomic E-state index is 0.670. The standard InChI is InChI=1S/C13H21N3/c1-9(2)10-5-6-16(8-10)11-3-4-12(14)13(15)7-11/h3-4,7,9-10H,5-6,8,14-15H2,1-2H3. The van der Waals surface area contributed by atoms with Gasteiger partial charge in [-0.3, -0.25) is 0 Å². The van der Waals surface area contributed by atoms with Crippen molar-refractivity contribution in [2.45, 2.75) is 20.3 Å². The van der Waals surface area contributed by atoms with E-state index in [4.69, 9.17) is 11.5 Å². The molecule has 0 aromatic heterocycles. The molecule has 3 nitrogen and oxygen atoms in total. The number of nitrogen functional groups attached to an aromatic ring is 2. The van der Waals surface area contributed by atoms with Crippen molar-refractivity contribution in [2.24, 2.45) is 11.8 Å². The van der Waals surface area contributed by atoms with E-state index in [1.807, 2.05) is 12.1 Å². The molecule has 1 aromatic carbocycles. The molecule has 1 aromatic rings. The Labute approximate surface area is 97.4 Å². The number of anilines is 3. The molecule has 1 aliphatic heterocycles. The number of nitrogens with two attached hydrogens (primary N) is 2. The molecular formula is C13H21N3. The zero-order valence-electron chi connectivity index (χ0n) is 10.1. The topological polar surface area (TPSA) is 55.3 Å². The molecule has 1 heterocycles. The summed E-state index contributed by atoms with van der Waals surface area (Å²) in [5.41, 5.74) is 14.1. The number of rotatable bonds is 2. The molecule has 1 unspecified atom stereocenters. The van der Waals surface area contributed by atoms with E-state index in [0.717, 1.165) is 24.9 Å². The Balaban J connectivity index is 2.11. The van der Waals surface area contributed by atoms with Crippen LogP contribution < -0.4 is 16.4 Å². The third kappa shape index (κ3) is 2.08. The third-order valence-electron chi connectivity index (χ3n) is 3.60. The molecule has 0 radical (unpaired) electrons. The number of nitrogens with zero attached hydrogens (tertiary/aromatic N) is 1. The minimum Gasteiger partial charge on any atom is -0.397 e. The molecule has 1 atom stereocenters. The second kappa shape index (κ2) is 4.24. The SMILES string of the molecule is CC(C)C1CCN(c2ccc(N)c(N)c2)C1. The van der Waals surface area contributed by atoms with E-state index < -0.39 is 0 Å². The van der Waals surface area contributed by atoms with E-state index in [0.29, 0.717) is 11.4 Å². The molecule has 1 saturated heterocycles. The molecule has 0 bridgehead atoms. The Hall–Kier alpha value is -1.38. The van der Waals surface area contributed by atoms with Gasteiger partial charge in [-0.2, -0.15) is 0 Å². The quantitative estimate of drug-likeness (QED) is 0.751. The van der Waals surface area contributed by atoms with E-state index >= 15 is 0 Å². The lowest BCUT2D eigenvalue weighted by Crippen LogP contribution is -2.21. The molecule has 0 saturated carbocycles. The van der Waals surface area contributed by atoms with Gasteiger partial charge in [0.05, 0.1) is 11.4 Å². The molecule has 0 spiro atoms. The maximum absolute atomic E-state index is 5.83. The molecular weight excluding hydrogens is 198 g/mol. The van der Waals surface area contributed by atoms with Crippen molar-refractivity contribution in [1.82, 2.24) is 0 Å². The summed E-state index contributed by atoms with van der Waals surface area (Å²) in [6.45, 7) is 6.87. The summed E-state index contributed by atoms with van der Waals surface area (Å²) in [5, 5.41) is 0. The van der Waals surface area contributed by atoms with Crippen LogP contribution in [0.4, 0.5) is 17.1 Å². The van der Waals surface area contributed by atoms with Gasteiger partial charge in [0.2, 0.25) is 0 Å². The lowest BCUT2D eigenvalue weighted by molar-refractivity contribution is 0.423. The highest BCUT2D eigenvalue weighted by atomic mass is 15.2. The fourth-order valence-corrected chi connectivity index (χ4v) is 2.32. The van der Waals surface area contributed by atoms with E-state index in [1.54, 1.807) is 0 Å². The molecule has 3 heteroatoms. The maximum atomic E-state index is 5.83. The van der Waals surface area contributed by atoms with Gasteiger partial charge in [-0.15, -0.1) is 0 Å². The van der Waals surface area contributed by atoms with Crippen LogP contribution in [0.3, 0.4) is 0 Å². The molecule has 0 amide bonds. The van der Waals surface area contributed by atoms with Crippen LogP contribution >= 0.6 is 0 Å². The average molecular weight is 219 g/mol. The van der Waals surface area contributed by atoms with E-state index in [2.05, 4.69) is 24.8 Å². The monoisotopic (exact) mass is 219 g/mol. The molecule has 88 valence electrons. The predicted octanol–water partition coefficient (Wildman–Crippen LogP) is 2.33. The highest BCUT2D eigenvalue weighted by Crippen LogP contribution is 2.30. The smallest absolute Gasteiger partial charge is 0.0568 e. The largest absolute Gasteiger partial charge is 0.397 e. The summed E-state index contributed by atoms with van der Waals surface area (Å²) in [6, 6.07) is 5.94. The second-order valence-corrected chi connectivity index (χ2v) is 5.05. The molecule has 4 N–H and O–H groups in total. The lowest BCUT2D eigenvalue weighted by atomic mass is 9.95. The first-order valence-corrected chi connectivity index (χ1v) is 5.98. The Bertz CT molecular complexity index is 373. The fraction of sp³-hybridized carbons (Fsp3) is 0.538. The molecule has 2 rings (SSSR count). The van der Waals surface area contributed by atoms with Crippen molar-refractivity contribution < 1.29 is 0 Å². The van der Waals surface area contributed by atoms with Gasteiger partial charge in [0.15, 0.2) is 0 Å². The Morgan fingerprint density at radius 3 is 2.56 bits per heavy atom. The Morgan fingerprint density at radius 2 is 2.00 bits per heavy atom. The van der Waals surface area contributed by atoms with Crippen molar-refractivity contribution >= 4 is 17.1 Å². The van der Waals surface area contributed by atoms with Crippen LogP contribution in [-0.4, -0.2) is 13.1 Å². The summed E-state index contributed by atoms with van der Waals surface area (Å²) in [6.07, 6.45) is 1.28. The summed E-state index contributed by atoms with van der Waals surface area (Å²) in [7, 11) is 0. The van der Waals surface area contributed by atoms with Crippen LogP contribution in [0.25, 0.3) is 0 Å². The second-order valence-electron chi connectivity index (χ2n) is 5.05. The zero-order chi connectivity index (χ0) is 11.7. The summed E-state index contributed by atoms with van der Waals surface area (Å²) in [5.74, 6) is 1.56. The van der Waals surface area contributed by atoms with E-state index in [-0.39, 0.29) is 0 Å². The van der Waals surface area contributed by atoms with Gasteiger partial charge in [0, 0.05) is 18.8 Å². The van der Waals surface area contributed by atoms with Gasteiger partial charge in [0.25, 0.3) is 0 Å². The first-order chi connectivity index (χ1) is 7.58. The van der Waals surface area contributed by atoms with Gasteiger partial charge in [-0.1, -0.05) is 13.8 Å². The van der Waals surface area contributed by atoms with Crippen molar-refractivity contribution in [3.8, 4) is 0 Å². The summed E-state index contributed by atoms with van der Waals surface area (Å²) in [4.78, 5) is 2.40. The highest BCUT2D eigenvalue weighted by molar-refractivity contribution is 5.70. The average Bonchev–Trinajstić information content (AvgIpc) is 2.71. The van der Waals surface area contributed by atoms with Gasteiger partial charge in [0.1, 0.15) is 0 Å². The number of benzene rings is 1. The summed E-state index contributed by atoms with van der Waals surface area (Å²) < 4.78 is 0. The fourth-order valence-electron chi connectivity index (χ4n) is 2.32. The van der Waals surface area contributed by atoms with Crippen LogP contribution in [-0.2, 0) is 0 Å². The predicted molar refractivity (Wildman–Crippen MR) is 70.4 cm³/mol. The lowest BCUT2D eigenvalue weighted by Gasteiger charge is -2.20. The van der Waals surface area contributed by atoms with Crippen LogP contribution in [0.2, 0.25) is 0 Å². The van der Waals surface area contributed by atoms with Crippen LogP contribution in [0.15, 0.2) is 18.2 Å². The van der Waals surface area contributed by atoms with Crippen LogP contribution in [0, 0.1) is 11.8 Å². The number of hydrogen-bond donors (Lipinski definition) is 2. The first-order valence-electron chi connectivity index (χ1n) is 5.98. The number of hydrogen-bond acceptors (Lipinski definition) is 3. The van der Waals surface area contributed by atoms with Crippen molar-refractivity contribution in [3.05, 3.63) is 18.2 Å². The Kier molecular flexibility index (Phi) is 2.95. The molecule has 0 aliphatic carbocycles. The maximum Gasteiger partial charge on any atom is 0.0568 e. The van der Waals surface area contributed by atoms with Crippen molar-refractivity contribution in [2.75, 3.05) is 29.5 Å². The normalized spacial score (nSPS) is 20.7. The van der Waals surface area contributed by atoms with Crippen molar-refractivity contribution in [1.29, 1.82) is 0 Å². The highest BCUT2D eigenvalue weighted by Gasteiger charge is 2.24. The third-order valence-corrected chi connectivity index (χ3v) is 3.60. The van der Waals surface area contributed by atoms with Gasteiger partial charge in [-0.25, -0.2) is 0 Å².